The molecule has 1 aliphatic rings. The van der Waals surface area contributed by atoms with Crippen molar-refractivity contribution >= 4 is 24.9 Å². The van der Waals surface area contributed by atoms with Crippen molar-refractivity contribution in [2.24, 2.45) is 0 Å². The Morgan fingerprint density at radius 1 is 1.56 bits per heavy atom. The Kier molecular flexibility index (Phi) is 5.23. The molecule has 3 nitrogen and oxygen atoms in total. The van der Waals surface area contributed by atoms with E-state index in [0.717, 1.165) is 0 Å². The number of halogens is 2. The van der Waals surface area contributed by atoms with Gasteiger partial charge in [0, 0.05) is 0 Å². The number of ether oxygens (including phenoxy) is 1. The summed E-state index contributed by atoms with van der Waals surface area (Å²) in [4.78, 5) is 0. The van der Waals surface area contributed by atoms with Crippen molar-refractivity contribution in [1.82, 2.24) is 0 Å². The molecule has 0 aromatic carbocycles. The van der Waals surface area contributed by atoms with Gasteiger partial charge in [-0.3, -0.25) is 0 Å². The Bertz CT molecular complexity index is 247. The quantitative estimate of drug-likeness (QED) is 0.404. The summed E-state index contributed by atoms with van der Waals surface area (Å²) >= 11 is 4.60. The summed E-state index contributed by atoms with van der Waals surface area (Å²) in [5.74, 6) is 0. The minimum atomic E-state index is -2.46. The predicted molar refractivity (Wildman–Crippen MR) is 60.4 cm³/mol. The lowest BCUT2D eigenvalue weighted by atomic mass is 9.62. The highest BCUT2D eigenvalue weighted by Crippen LogP contribution is 2.35. The van der Waals surface area contributed by atoms with Crippen LogP contribution in [0.2, 0.25) is 6.32 Å². The van der Waals surface area contributed by atoms with Crippen molar-refractivity contribution < 1.29 is 23.7 Å². The molecule has 0 spiro atoms. The number of aliphatic hydroxyl groups excluding tert-OH is 2. The van der Waals surface area contributed by atoms with Crippen LogP contribution in [0.3, 0.4) is 0 Å². The maximum absolute atomic E-state index is 14.0. The van der Waals surface area contributed by atoms with Gasteiger partial charge in [-0.05, 0) is 11.8 Å². The topological polar surface area (TPSA) is 49.7 Å². The zero-order chi connectivity index (χ0) is 12.2. The van der Waals surface area contributed by atoms with E-state index in [1.54, 1.807) is 0 Å². The van der Waals surface area contributed by atoms with Gasteiger partial charge in [-0.2, -0.15) is 0 Å². The van der Waals surface area contributed by atoms with Gasteiger partial charge in [0.05, 0.1) is 12.6 Å². The average molecular weight is 251 g/mol. The van der Waals surface area contributed by atoms with Crippen LogP contribution < -0.4 is 0 Å². The molecule has 0 aromatic rings. The second-order valence-corrected chi connectivity index (χ2v) is 4.10. The number of aliphatic hydroxyl groups is 2. The molecule has 1 fully saturated rings. The van der Waals surface area contributed by atoms with E-state index in [9.17, 15) is 13.9 Å². The Labute approximate surface area is 99.0 Å². The van der Waals surface area contributed by atoms with Crippen LogP contribution in [0.25, 0.3) is 0 Å². The second kappa shape index (κ2) is 6.00. The van der Waals surface area contributed by atoms with Gasteiger partial charge in [0.2, 0.25) is 0 Å². The Morgan fingerprint density at radius 3 is 2.75 bits per heavy atom. The molecular formula is C9H14BF2O3S. The molecule has 4 unspecified atom stereocenters. The Hall–Kier alpha value is -0.105. The zero-order valence-electron chi connectivity index (χ0n) is 8.68. The molecule has 1 saturated heterocycles. The van der Waals surface area contributed by atoms with Crippen LogP contribution in [0.1, 0.15) is 6.42 Å². The molecule has 1 rings (SSSR count). The van der Waals surface area contributed by atoms with Crippen molar-refractivity contribution in [3.05, 3.63) is 0 Å². The van der Waals surface area contributed by atoms with Gasteiger partial charge in [-0.15, -0.1) is 0 Å². The number of rotatable bonds is 6. The van der Waals surface area contributed by atoms with Gasteiger partial charge in [0.15, 0.2) is 12.9 Å². The van der Waals surface area contributed by atoms with Crippen LogP contribution in [-0.2, 0) is 4.74 Å². The Morgan fingerprint density at radius 2 is 2.25 bits per heavy atom. The molecule has 1 heterocycles. The van der Waals surface area contributed by atoms with Crippen LogP contribution in [0.15, 0.2) is 0 Å². The summed E-state index contributed by atoms with van der Waals surface area (Å²) in [5.41, 5.74) is -2.46. The van der Waals surface area contributed by atoms with Crippen molar-refractivity contribution in [2.45, 2.75) is 36.6 Å². The highest BCUT2D eigenvalue weighted by molar-refractivity contribution is 7.78. The SMILES string of the molecule is OCC1OC([B]CCC=S)C(F)(CF)C1O. The molecule has 16 heavy (non-hydrogen) atoms. The van der Waals surface area contributed by atoms with Crippen LogP contribution in [-0.4, -0.2) is 60.0 Å². The molecule has 2 N–H and O–H groups in total. The summed E-state index contributed by atoms with van der Waals surface area (Å²) in [6.07, 6.45) is -1.71. The van der Waals surface area contributed by atoms with Crippen molar-refractivity contribution in [1.29, 1.82) is 0 Å². The van der Waals surface area contributed by atoms with Crippen molar-refractivity contribution in [2.75, 3.05) is 13.3 Å². The summed E-state index contributed by atoms with van der Waals surface area (Å²) in [6.45, 7) is -1.88. The summed E-state index contributed by atoms with van der Waals surface area (Å²) < 4.78 is 31.7. The first-order valence-corrected chi connectivity index (χ1v) is 5.53. The fourth-order valence-electron chi connectivity index (χ4n) is 1.72. The maximum atomic E-state index is 14.0. The van der Waals surface area contributed by atoms with Gasteiger partial charge in [0.1, 0.15) is 18.9 Å². The van der Waals surface area contributed by atoms with Crippen molar-refractivity contribution in [3.63, 3.8) is 0 Å². The molecule has 91 valence electrons. The zero-order valence-corrected chi connectivity index (χ0v) is 9.50. The van der Waals surface area contributed by atoms with Crippen LogP contribution in [0.5, 0.6) is 0 Å². The van der Waals surface area contributed by atoms with E-state index < -0.39 is 37.2 Å². The van der Waals surface area contributed by atoms with E-state index in [2.05, 4.69) is 12.2 Å². The van der Waals surface area contributed by atoms with Crippen molar-refractivity contribution in [3.8, 4) is 0 Å². The van der Waals surface area contributed by atoms with Gasteiger partial charge in [-0.1, -0.05) is 18.5 Å². The maximum Gasteiger partial charge on any atom is 0.185 e. The third kappa shape index (κ3) is 2.59. The monoisotopic (exact) mass is 251 g/mol. The molecule has 0 aromatic heterocycles. The van der Waals surface area contributed by atoms with E-state index in [-0.39, 0.29) is 0 Å². The van der Waals surface area contributed by atoms with E-state index in [0.29, 0.717) is 12.7 Å². The third-order valence-electron chi connectivity index (χ3n) is 2.69. The molecular weight excluding hydrogens is 237 g/mol. The van der Waals surface area contributed by atoms with Gasteiger partial charge < -0.3 is 14.9 Å². The molecule has 1 radical (unpaired) electrons. The lowest BCUT2D eigenvalue weighted by molar-refractivity contribution is -0.0202. The second-order valence-electron chi connectivity index (χ2n) is 3.76. The molecule has 0 aliphatic carbocycles. The standard InChI is InChI=1S/C9H14BF2O3S/c11-5-9(12)7(14)6(4-13)15-8(9)10-2-1-3-16/h3,6-8,13-14H,1-2,4-5H2. The molecule has 7 heteroatoms. The number of hydrogen-bond donors (Lipinski definition) is 2. The molecule has 0 saturated carbocycles. The third-order valence-corrected chi connectivity index (χ3v) is 2.92. The highest BCUT2D eigenvalue weighted by Gasteiger charge is 2.56. The summed E-state index contributed by atoms with van der Waals surface area (Å²) in [7, 11) is 1.45. The van der Waals surface area contributed by atoms with Gasteiger partial charge in [-0.25, -0.2) is 8.78 Å². The molecule has 1 aliphatic heterocycles. The van der Waals surface area contributed by atoms with Crippen LogP contribution >= 0.6 is 12.2 Å². The summed E-state index contributed by atoms with van der Waals surface area (Å²) in [5, 5.41) is 19.8. The molecule has 4 atom stereocenters. The normalized spacial score (nSPS) is 38.6. The Balaban J connectivity index is 2.64. The number of thiocarbonyl (C=S) groups is 1. The highest BCUT2D eigenvalue weighted by atomic mass is 32.1. The minimum absolute atomic E-state index is 0.449. The minimum Gasteiger partial charge on any atom is -0.394 e. The predicted octanol–water partition coefficient (Wildman–Crippen LogP) is 0.255. The van der Waals surface area contributed by atoms with Crippen LogP contribution in [0.4, 0.5) is 8.78 Å². The van der Waals surface area contributed by atoms with E-state index >= 15 is 0 Å². The smallest absolute Gasteiger partial charge is 0.185 e. The molecule has 0 bridgehead atoms. The largest absolute Gasteiger partial charge is 0.394 e. The lowest BCUT2D eigenvalue weighted by Gasteiger charge is -2.24. The van der Waals surface area contributed by atoms with Crippen LogP contribution in [0, 0.1) is 0 Å². The first-order chi connectivity index (χ1) is 7.60. The fraction of sp³-hybridized carbons (Fsp3) is 0.889. The summed E-state index contributed by atoms with van der Waals surface area (Å²) in [6, 6.07) is -1.14. The lowest BCUT2D eigenvalue weighted by Crippen LogP contribution is -2.48. The first-order valence-electron chi connectivity index (χ1n) is 5.06. The number of hydrogen-bond acceptors (Lipinski definition) is 4. The first kappa shape index (κ1) is 14.0. The van der Waals surface area contributed by atoms with E-state index in [4.69, 9.17) is 9.84 Å². The number of alkyl halides is 2. The van der Waals surface area contributed by atoms with Gasteiger partial charge in [0.25, 0.3) is 0 Å². The van der Waals surface area contributed by atoms with E-state index in [1.165, 1.54) is 12.6 Å². The molecule has 0 amide bonds. The van der Waals surface area contributed by atoms with Gasteiger partial charge >= 0.3 is 0 Å². The fourth-order valence-corrected chi connectivity index (χ4v) is 1.85. The average Bonchev–Trinajstić information content (AvgIpc) is 2.54. The van der Waals surface area contributed by atoms with E-state index in [1.807, 2.05) is 0 Å².